The van der Waals surface area contributed by atoms with E-state index in [4.69, 9.17) is 10.9 Å². The minimum atomic E-state index is 0.208. The zero-order valence-electron chi connectivity index (χ0n) is 5.66. The molecule has 3 nitrogen and oxygen atoms in total. The Morgan fingerprint density at radius 3 is 2.82 bits per heavy atom. The van der Waals surface area contributed by atoms with E-state index in [1.807, 2.05) is 0 Å². The molecule has 11 heavy (non-hydrogen) atoms. The van der Waals surface area contributed by atoms with Crippen molar-refractivity contribution in [2.75, 3.05) is 0 Å². The summed E-state index contributed by atoms with van der Waals surface area (Å²) in [6, 6.07) is 5.02. The monoisotopic (exact) mass is 214 g/mol. The highest BCUT2D eigenvalue weighted by molar-refractivity contribution is 9.10. The number of halogens is 1. The summed E-state index contributed by atoms with van der Waals surface area (Å²) < 4.78 is 0.634. The first-order valence-corrected chi connectivity index (χ1v) is 3.75. The van der Waals surface area contributed by atoms with Crippen molar-refractivity contribution in [3.8, 4) is 5.75 Å². The molecule has 58 valence electrons. The lowest BCUT2D eigenvalue weighted by molar-refractivity contribution is 0.472. The van der Waals surface area contributed by atoms with Crippen LogP contribution in [0.5, 0.6) is 5.75 Å². The van der Waals surface area contributed by atoms with Gasteiger partial charge >= 0.3 is 0 Å². The molecule has 1 aromatic carbocycles. The lowest BCUT2D eigenvalue weighted by Gasteiger charge is -1.96. The van der Waals surface area contributed by atoms with Crippen molar-refractivity contribution in [2.24, 2.45) is 10.9 Å². The fraction of sp³-hybridized carbons (Fsp3) is 0. The van der Waals surface area contributed by atoms with E-state index in [-0.39, 0.29) is 5.75 Å². The number of nitrogens with two attached hydrogens (primary N) is 1. The number of rotatable bonds is 1. The molecule has 0 aliphatic rings. The SMILES string of the molecule is NN=Cc1ccc(O)c(Br)c1. The van der Waals surface area contributed by atoms with Crippen LogP contribution < -0.4 is 5.84 Å². The lowest BCUT2D eigenvalue weighted by Crippen LogP contribution is -1.85. The molecule has 0 atom stereocenters. The highest BCUT2D eigenvalue weighted by Gasteiger charge is 1.96. The second-order valence-electron chi connectivity index (χ2n) is 1.99. The second-order valence-corrected chi connectivity index (χ2v) is 2.84. The van der Waals surface area contributed by atoms with E-state index >= 15 is 0 Å². The van der Waals surface area contributed by atoms with Crippen LogP contribution in [0.15, 0.2) is 27.8 Å². The van der Waals surface area contributed by atoms with Gasteiger partial charge in [-0.1, -0.05) is 0 Å². The van der Waals surface area contributed by atoms with Crippen LogP contribution in [0.3, 0.4) is 0 Å². The molecular formula is C7H7BrN2O. The summed E-state index contributed by atoms with van der Waals surface area (Å²) in [7, 11) is 0. The number of hydrogen-bond donors (Lipinski definition) is 2. The average Bonchev–Trinajstić information content (AvgIpc) is 1.98. The predicted molar refractivity (Wildman–Crippen MR) is 47.6 cm³/mol. The first kappa shape index (κ1) is 8.07. The summed E-state index contributed by atoms with van der Waals surface area (Å²) in [5.41, 5.74) is 0.845. The molecule has 0 saturated carbocycles. The molecule has 0 radical (unpaired) electrons. The number of phenolic OH excluding ortho intramolecular Hbond substituents is 1. The lowest BCUT2D eigenvalue weighted by atomic mass is 10.2. The molecule has 1 rings (SSSR count). The number of nitrogens with zero attached hydrogens (tertiary/aromatic N) is 1. The third-order valence-electron chi connectivity index (χ3n) is 1.20. The van der Waals surface area contributed by atoms with Gasteiger partial charge in [0.1, 0.15) is 5.75 Å². The largest absolute Gasteiger partial charge is 0.507 e. The van der Waals surface area contributed by atoms with Gasteiger partial charge in [0, 0.05) is 0 Å². The molecule has 0 unspecified atom stereocenters. The van der Waals surface area contributed by atoms with E-state index in [1.54, 1.807) is 18.2 Å². The van der Waals surface area contributed by atoms with Crippen molar-refractivity contribution in [3.63, 3.8) is 0 Å². The van der Waals surface area contributed by atoms with Crippen LogP contribution in [0.2, 0.25) is 0 Å². The standard InChI is InChI=1S/C7H7BrN2O/c8-6-3-5(4-10-9)1-2-7(6)11/h1-4,11H,9H2. The van der Waals surface area contributed by atoms with E-state index < -0.39 is 0 Å². The molecular weight excluding hydrogens is 208 g/mol. The van der Waals surface area contributed by atoms with Crippen LogP contribution in [0.25, 0.3) is 0 Å². The Kier molecular flexibility index (Phi) is 2.48. The second kappa shape index (κ2) is 3.39. The summed E-state index contributed by atoms with van der Waals surface area (Å²) in [4.78, 5) is 0. The van der Waals surface area contributed by atoms with Crippen LogP contribution in [-0.4, -0.2) is 11.3 Å². The van der Waals surface area contributed by atoms with Gasteiger partial charge in [0.25, 0.3) is 0 Å². The molecule has 0 aliphatic heterocycles. The molecule has 0 aromatic heterocycles. The maximum atomic E-state index is 9.09. The molecule has 0 spiro atoms. The molecule has 0 fully saturated rings. The maximum absolute atomic E-state index is 9.09. The average molecular weight is 215 g/mol. The molecule has 0 aliphatic carbocycles. The van der Waals surface area contributed by atoms with E-state index in [0.717, 1.165) is 5.56 Å². The van der Waals surface area contributed by atoms with Crippen molar-refractivity contribution in [3.05, 3.63) is 28.2 Å². The van der Waals surface area contributed by atoms with Crippen molar-refractivity contribution < 1.29 is 5.11 Å². The first-order chi connectivity index (χ1) is 5.24. The quantitative estimate of drug-likeness (QED) is 0.423. The van der Waals surface area contributed by atoms with Gasteiger partial charge in [-0.2, -0.15) is 5.10 Å². The van der Waals surface area contributed by atoms with Crippen LogP contribution in [0.4, 0.5) is 0 Å². The number of hydrogen-bond acceptors (Lipinski definition) is 3. The Hall–Kier alpha value is -1.03. The fourth-order valence-corrected chi connectivity index (χ4v) is 1.09. The number of phenols is 1. The minimum absolute atomic E-state index is 0.208. The third kappa shape index (κ3) is 1.94. The molecule has 0 bridgehead atoms. The number of hydrazone groups is 1. The summed E-state index contributed by atoms with van der Waals surface area (Å²) in [6.07, 6.45) is 1.50. The summed E-state index contributed by atoms with van der Waals surface area (Å²) in [5.74, 6) is 5.15. The van der Waals surface area contributed by atoms with Gasteiger partial charge < -0.3 is 10.9 Å². The predicted octanol–water partition coefficient (Wildman–Crippen LogP) is 1.45. The van der Waals surface area contributed by atoms with Crippen LogP contribution in [0, 0.1) is 0 Å². The smallest absolute Gasteiger partial charge is 0.129 e. The summed E-state index contributed by atoms with van der Waals surface area (Å²) >= 11 is 3.16. The normalized spacial score (nSPS) is 10.6. The van der Waals surface area contributed by atoms with Gasteiger partial charge in [0.15, 0.2) is 0 Å². The minimum Gasteiger partial charge on any atom is -0.507 e. The first-order valence-electron chi connectivity index (χ1n) is 2.96. The van der Waals surface area contributed by atoms with E-state index in [9.17, 15) is 0 Å². The Labute approximate surface area is 72.7 Å². The van der Waals surface area contributed by atoms with E-state index in [0.29, 0.717) is 4.47 Å². The van der Waals surface area contributed by atoms with Gasteiger partial charge in [-0.25, -0.2) is 0 Å². The van der Waals surface area contributed by atoms with Crippen molar-refractivity contribution in [1.29, 1.82) is 0 Å². The Morgan fingerprint density at radius 2 is 2.27 bits per heavy atom. The van der Waals surface area contributed by atoms with Gasteiger partial charge in [0.2, 0.25) is 0 Å². The summed E-state index contributed by atoms with van der Waals surface area (Å²) in [5, 5.41) is 12.4. The Bertz CT molecular complexity index is 286. The van der Waals surface area contributed by atoms with E-state index in [2.05, 4.69) is 21.0 Å². The highest BCUT2D eigenvalue weighted by Crippen LogP contribution is 2.23. The highest BCUT2D eigenvalue weighted by atomic mass is 79.9. The molecule has 4 heteroatoms. The van der Waals surface area contributed by atoms with Crippen molar-refractivity contribution in [1.82, 2.24) is 0 Å². The Balaban J connectivity index is 3.05. The Morgan fingerprint density at radius 1 is 1.55 bits per heavy atom. The van der Waals surface area contributed by atoms with Crippen molar-refractivity contribution in [2.45, 2.75) is 0 Å². The van der Waals surface area contributed by atoms with Gasteiger partial charge in [-0.05, 0) is 39.7 Å². The summed E-state index contributed by atoms with van der Waals surface area (Å²) in [6.45, 7) is 0. The number of aromatic hydroxyl groups is 1. The molecule has 0 amide bonds. The van der Waals surface area contributed by atoms with Crippen molar-refractivity contribution >= 4 is 22.1 Å². The third-order valence-corrected chi connectivity index (χ3v) is 1.83. The topological polar surface area (TPSA) is 58.6 Å². The van der Waals surface area contributed by atoms with Crippen LogP contribution in [-0.2, 0) is 0 Å². The number of benzene rings is 1. The van der Waals surface area contributed by atoms with Crippen LogP contribution in [0.1, 0.15) is 5.56 Å². The maximum Gasteiger partial charge on any atom is 0.129 e. The molecule has 0 saturated heterocycles. The van der Waals surface area contributed by atoms with Gasteiger partial charge in [-0.3, -0.25) is 0 Å². The molecule has 0 heterocycles. The van der Waals surface area contributed by atoms with Gasteiger partial charge in [0.05, 0.1) is 10.7 Å². The zero-order chi connectivity index (χ0) is 8.27. The zero-order valence-corrected chi connectivity index (χ0v) is 7.25. The van der Waals surface area contributed by atoms with E-state index in [1.165, 1.54) is 6.21 Å². The molecule has 3 N–H and O–H groups in total. The fourth-order valence-electron chi connectivity index (χ4n) is 0.690. The van der Waals surface area contributed by atoms with Crippen LogP contribution >= 0.6 is 15.9 Å². The molecule has 1 aromatic rings. The van der Waals surface area contributed by atoms with Gasteiger partial charge in [-0.15, -0.1) is 0 Å².